The maximum Gasteiger partial charge on any atom is 0.315 e. The van der Waals surface area contributed by atoms with E-state index >= 15 is 0 Å². The smallest absolute Gasteiger partial charge is 0.315 e. The van der Waals surface area contributed by atoms with Gasteiger partial charge in [0.05, 0.1) is 12.0 Å². The van der Waals surface area contributed by atoms with Crippen LogP contribution in [-0.2, 0) is 9.53 Å². The number of urea groups is 1. The molecule has 1 unspecified atom stereocenters. The van der Waals surface area contributed by atoms with E-state index in [9.17, 15) is 9.59 Å². The molecular weight excluding hydrogens is 248 g/mol. The van der Waals surface area contributed by atoms with Crippen LogP contribution in [-0.4, -0.2) is 42.4 Å². The van der Waals surface area contributed by atoms with Crippen molar-refractivity contribution >= 4 is 12.0 Å². The van der Waals surface area contributed by atoms with Crippen LogP contribution in [0.25, 0.3) is 0 Å². The fraction of sp³-hybridized carbons (Fsp3) is 0.846. The van der Waals surface area contributed by atoms with Crippen molar-refractivity contribution in [3.63, 3.8) is 0 Å². The number of amides is 2. The molecule has 6 heteroatoms. The van der Waals surface area contributed by atoms with Crippen LogP contribution in [0.4, 0.5) is 4.79 Å². The second-order valence-corrected chi connectivity index (χ2v) is 5.29. The maximum absolute atomic E-state index is 11.6. The topological polar surface area (TPSA) is 87.7 Å². The monoisotopic (exact) mass is 272 g/mol. The lowest BCUT2D eigenvalue weighted by Gasteiger charge is -2.35. The first-order valence-corrected chi connectivity index (χ1v) is 6.82. The van der Waals surface area contributed by atoms with Gasteiger partial charge in [0, 0.05) is 19.2 Å². The van der Waals surface area contributed by atoms with Crippen molar-refractivity contribution in [3.8, 4) is 0 Å². The highest BCUT2D eigenvalue weighted by molar-refractivity contribution is 5.76. The average molecular weight is 272 g/mol. The summed E-state index contributed by atoms with van der Waals surface area (Å²) in [5.41, 5.74) is 0. The van der Waals surface area contributed by atoms with E-state index in [0.717, 1.165) is 12.8 Å². The van der Waals surface area contributed by atoms with Crippen molar-refractivity contribution in [1.82, 2.24) is 10.6 Å². The minimum Gasteiger partial charge on any atom is -0.481 e. The van der Waals surface area contributed by atoms with Crippen molar-refractivity contribution < 1.29 is 19.4 Å². The van der Waals surface area contributed by atoms with Gasteiger partial charge in [-0.25, -0.2) is 4.79 Å². The Kier molecular flexibility index (Phi) is 6.08. The van der Waals surface area contributed by atoms with Gasteiger partial charge in [-0.3, -0.25) is 4.79 Å². The lowest BCUT2D eigenvalue weighted by atomic mass is 9.89. The number of carbonyl (C=O) groups is 2. The quantitative estimate of drug-likeness (QED) is 0.650. The molecule has 1 aliphatic carbocycles. The Hall–Kier alpha value is -1.30. The first kappa shape index (κ1) is 15.8. The molecule has 1 rings (SSSR count). The van der Waals surface area contributed by atoms with Gasteiger partial charge in [-0.15, -0.1) is 0 Å². The highest BCUT2D eigenvalue weighted by Gasteiger charge is 2.31. The zero-order chi connectivity index (χ0) is 14.4. The summed E-state index contributed by atoms with van der Waals surface area (Å²) in [5.74, 6) is -1.44. The van der Waals surface area contributed by atoms with Gasteiger partial charge in [0.15, 0.2) is 0 Å². The summed E-state index contributed by atoms with van der Waals surface area (Å²) in [6, 6.07) is -0.161. The minimum atomic E-state index is -0.879. The predicted molar refractivity (Wildman–Crippen MR) is 70.9 cm³/mol. The summed E-state index contributed by atoms with van der Waals surface area (Å²) in [7, 11) is 0. The number of nitrogens with one attached hydrogen (secondary N) is 2. The molecule has 0 aliphatic heterocycles. The molecule has 0 saturated heterocycles. The standard InChI is InChI=1S/C13H24N2O4/c1-4-19-10-5-9(6-10)15-13(18)14-7-11(8(2)3)12(16)17/h8-11H,4-7H2,1-3H3,(H,16,17)(H2,14,15,18). The van der Waals surface area contributed by atoms with Gasteiger partial charge in [0.1, 0.15) is 0 Å². The largest absolute Gasteiger partial charge is 0.481 e. The van der Waals surface area contributed by atoms with Crippen LogP contribution in [0.3, 0.4) is 0 Å². The number of aliphatic carboxylic acids is 1. The highest BCUT2D eigenvalue weighted by Crippen LogP contribution is 2.22. The van der Waals surface area contributed by atoms with Crippen LogP contribution in [0.1, 0.15) is 33.6 Å². The molecule has 6 nitrogen and oxygen atoms in total. The van der Waals surface area contributed by atoms with E-state index in [0.29, 0.717) is 6.61 Å². The molecule has 0 bridgehead atoms. The Bertz CT molecular complexity index is 314. The molecule has 0 aromatic carbocycles. The average Bonchev–Trinajstić information content (AvgIpc) is 2.25. The summed E-state index contributed by atoms with van der Waals surface area (Å²) in [5, 5.41) is 14.4. The third kappa shape index (κ3) is 5.06. The van der Waals surface area contributed by atoms with Crippen molar-refractivity contribution in [3.05, 3.63) is 0 Å². The summed E-state index contributed by atoms with van der Waals surface area (Å²) in [4.78, 5) is 22.6. The van der Waals surface area contributed by atoms with E-state index in [2.05, 4.69) is 10.6 Å². The Morgan fingerprint density at radius 1 is 1.37 bits per heavy atom. The zero-order valence-electron chi connectivity index (χ0n) is 11.8. The molecule has 0 heterocycles. The summed E-state index contributed by atoms with van der Waals surface area (Å²) in [6.07, 6.45) is 1.90. The Morgan fingerprint density at radius 2 is 2.00 bits per heavy atom. The number of ether oxygens (including phenoxy) is 1. The molecule has 0 aromatic heterocycles. The van der Waals surface area contributed by atoms with E-state index in [-0.39, 0.29) is 30.6 Å². The Morgan fingerprint density at radius 3 is 2.47 bits per heavy atom. The van der Waals surface area contributed by atoms with Crippen molar-refractivity contribution in [1.29, 1.82) is 0 Å². The molecule has 1 aliphatic rings. The molecular formula is C13H24N2O4. The molecule has 0 spiro atoms. The molecule has 19 heavy (non-hydrogen) atoms. The number of carbonyl (C=O) groups excluding carboxylic acids is 1. The van der Waals surface area contributed by atoms with Crippen LogP contribution in [0, 0.1) is 11.8 Å². The van der Waals surface area contributed by atoms with Crippen LogP contribution in [0.15, 0.2) is 0 Å². The third-order valence-electron chi connectivity index (χ3n) is 3.44. The molecule has 3 N–H and O–H groups in total. The van der Waals surface area contributed by atoms with Crippen LogP contribution in [0.2, 0.25) is 0 Å². The van der Waals surface area contributed by atoms with Gasteiger partial charge in [-0.1, -0.05) is 13.8 Å². The second-order valence-electron chi connectivity index (χ2n) is 5.29. The number of carboxylic acids is 1. The van der Waals surface area contributed by atoms with E-state index in [4.69, 9.17) is 9.84 Å². The molecule has 0 radical (unpaired) electrons. The molecule has 1 atom stereocenters. The number of hydrogen-bond donors (Lipinski definition) is 3. The van der Waals surface area contributed by atoms with Crippen molar-refractivity contribution in [2.75, 3.05) is 13.2 Å². The highest BCUT2D eigenvalue weighted by atomic mass is 16.5. The first-order valence-electron chi connectivity index (χ1n) is 6.82. The SMILES string of the molecule is CCOC1CC(NC(=O)NCC(C(=O)O)C(C)C)C1. The van der Waals surface area contributed by atoms with Crippen molar-refractivity contribution in [2.45, 2.75) is 45.8 Å². The maximum atomic E-state index is 11.6. The lowest BCUT2D eigenvalue weighted by molar-refractivity contribution is -0.142. The molecule has 0 aromatic rings. The van der Waals surface area contributed by atoms with E-state index < -0.39 is 11.9 Å². The predicted octanol–water partition coefficient (Wildman–Crippen LogP) is 1.21. The fourth-order valence-electron chi connectivity index (χ4n) is 2.10. The summed E-state index contributed by atoms with van der Waals surface area (Å²) >= 11 is 0. The minimum absolute atomic E-state index is 0.0103. The lowest BCUT2D eigenvalue weighted by Crippen LogP contribution is -2.52. The molecule has 2 amide bonds. The van der Waals surface area contributed by atoms with Gasteiger partial charge in [0.25, 0.3) is 0 Å². The third-order valence-corrected chi connectivity index (χ3v) is 3.44. The van der Waals surface area contributed by atoms with Gasteiger partial charge in [-0.2, -0.15) is 0 Å². The van der Waals surface area contributed by atoms with Gasteiger partial charge in [0.2, 0.25) is 0 Å². The number of carboxylic acid groups (broad SMARTS) is 1. The summed E-state index contributed by atoms with van der Waals surface area (Å²) < 4.78 is 5.40. The Balaban J connectivity index is 2.20. The first-order chi connectivity index (χ1) is 8.93. The molecule has 1 fully saturated rings. The van der Waals surface area contributed by atoms with Crippen molar-refractivity contribution in [2.24, 2.45) is 11.8 Å². The normalized spacial score (nSPS) is 23.6. The van der Waals surface area contributed by atoms with Crippen LogP contribution < -0.4 is 10.6 Å². The van der Waals surface area contributed by atoms with Gasteiger partial charge >= 0.3 is 12.0 Å². The second kappa shape index (κ2) is 7.33. The number of rotatable bonds is 7. The van der Waals surface area contributed by atoms with Crippen LogP contribution >= 0.6 is 0 Å². The zero-order valence-corrected chi connectivity index (χ0v) is 11.8. The van der Waals surface area contributed by atoms with E-state index in [1.165, 1.54) is 0 Å². The molecule has 1 saturated carbocycles. The number of hydrogen-bond acceptors (Lipinski definition) is 3. The van der Waals surface area contributed by atoms with Gasteiger partial charge < -0.3 is 20.5 Å². The summed E-state index contributed by atoms with van der Waals surface area (Å²) in [6.45, 7) is 6.46. The van der Waals surface area contributed by atoms with E-state index in [1.54, 1.807) is 0 Å². The van der Waals surface area contributed by atoms with Gasteiger partial charge in [-0.05, 0) is 25.7 Å². The molecule has 110 valence electrons. The Labute approximate surface area is 113 Å². The fourth-order valence-corrected chi connectivity index (χ4v) is 2.10. The van der Waals surface area contributed by atoms with E-state index in [1.807, 2.05) is 20.8 Å². The van der Waals surface area contributed by atoms with Crippen LogP contribution in [0.5, 0.6) is 0 Å².